The molecule has 0 saturated carbocycles. The molecule has 0 aliphatic carbocycles. The van der Waals surface area contributed by atoms with Crippen LogP contribution in [-0.2, 0) is 4.79 Å². The number of aromatic nitrogens is 3. The molecule has 6 nitrogen and oxygen atoms in total. The average Bonchev–Trinajstić information content (AvgIpc) is 2.62. The summed E-state index contributed by atoms with van der Waals surface area (Å²) in [7, 11) is 0. The van der Waals surface area contributed by atoms with E-state index in [1.807, 2.05) is 0 Å². The summed E-state index contributed by atoms with van der Waals surface area (Å²) in [6.45, 7) is -0.155. The molecule has 0 amide bonds. The Bertz CT molecular complexity index is 465. The molecule has 2 N–H and O–H groups in total. The number of aliphatic carboxylic acids is 1. The molecule has 72 valence electrons. The fourth-order valence-electron chi connectivity index (χ4n) is 1.15. The molecule has 2 rings (SSSR count). The monoisotopic (exact) mass is 192 g/mol. The summed E-state index contributed by atoms with van der Waals surface area (Å²) >= 11 is 0. The summed E-state index contributed by atoms with van der Waals surface area (Å²) in [6.07, 6.45) is 4.88. The fourth-order valence-corrected chi connectivity index (χ4v) is 1.15. The van der Waals surface area contributed by atoms with Gasteiger partial charge in [-0.25, -0.2) is 9.50 Å². The normalized spacial score (nSPS) is 10.3. The summed E-state index contributed by atoms with van der Waals surface area (Å²) < 4.78 is 1.62. The van der Waals surface area contributed by atoms with E-state index in [2.05, 4.69) is 15.4 Å². The Hall–Kier alpha value is -2.11. The lowest BCUT2D eigenvalue weighted by atomic mass is 10.4. The van der Waals surface area contributed by atoms with Gasteiger partial charge in [0.25, 0.3) is 0 Å². The van der Waals surface area contributed by atoms with Crippen LogP contribution >= 0.6 is 0 Å². The molecule has 2 aromatic heterocycles. The highest BCUT2D eigenvalue weighted by Gasteiger charge is 2.03. The number of fused-ring (bicyclic) bond motifs is 1. The van der Waals surface area contributed by atoms with Crippen LogP contribution < -0.4 is 5.32 Å². The third-order valence-electron chi connectivity index (χ3n) is 1.73. The van der Waals surface area contributed by atoms with E-state index in [1.54, 1.807) is 29.2 Å². The molecule has 2 aromatic rings. The van der Waals surface area contributed by atoms with Crippen molar-refractivity contribution in [1.82, 2.24) is 14.6 Å². The van der Waals surface area contributed by atoms with Crippen molar-refractivity contribution in [1.29, 1.82) is 0 Å². The first kappa shape index (κ1) is 8.49. The van der Waals surface area contributed by atoms with Crippen molar-refractivity contribution >= 4 is 17.3 Å². The molecule has 6 heteroatoms. The van der Waals surface area contributed by atoms with E-state index in [0.717, 1.165) is 5.52 Å². The van der Waals surface area contributed by atoms with E-state index < -0.39 is 5.97 Å². The maximum Gasteiger partial charge on any atom is 0.322 e. The van der Waals surface area contributed by atoms with Crippen LogP contribution in [-0.4, -0.2) is 32.2 Å². The highest BCUT2D eigenvalue weighted by molar-refractivity contribution is 5.75. The smallest absolute Gasteiger partial charge is 0.322 e. The van der Waals surface area contributed by atoms with Crippen molar-refractivity contribution in [2.75, 3.05) is 11.9 Å². The van der Waals surface area contributed by atoms with Crippen LogP contribution in [0.4, 0.5) is 5.82 Å². The topological polar surface area (TPSA) is 79.5 Å². The summed E-state index contributed by atoms with van der Waals surface area (Å²) in [5.41, 5.74) is 0.758. The van der Waals surface area contributed by atoms with Crippen LogP contribution in [0.1, 0.15) is 0 Å². The van der Waals surface area contributed by atoms with E-state index in [4.69, 9.17) is 5.11 Å². The van der Waals surface area contributed by atoms with E-state index in [-0.39, 0.29) is 6.54 Å². The highest BCUT2D eigenvalue weighted by Crippen LogP contribution is 2.11. The first-order valence-electron chi connectivity index (χ1n) is 4.01. The van der Waals surface area contributed by atoms with Crippen molar-refractivity contribution in [2.24, 2.45) is 0 Å². The van der Waals surface area contributed by atoms with Gasteiger partial charge in [-0.1, -0.05) is 0 Å². The van der Waals surface area contributed by atoms with Crippen LogP contribution in [0.3, 0.4) is 0 Å². The molecular weight excluding hydrogens is 184 g/mol. The van der Waals surface area contributed by atoms with Crippen LogP contribution in [0.15, 0.2) is 24.7 Å². The number of hydrogen-bond donors (Lipinski definition) is 2. The molecule has 0 saturated heterocycles. The Labute approximate surface area is 79.2 Å². The van der Waals surface area contributed by atoms with E-state index in [1.165, 1.54) is 0 Å². The van der Waals surface area contributed by atoms with Gasteiger partial charge in [-0.05, 0) is 6.07 Å². The van der Waals surface area contributed by atoms with Crippen molar-refractivity contribution in [3.8, 4) is 0 Å². The number of carboxylic acids is 1. The molecule has 0 unspecified atom stereocenters. The van der Waals surface area contributed by atoms with E-state index in [9.17, 15) is 4.79 Å². The summed E-state index contributed by atoms with van der Waals surface area (Å²) in [4.78, 5) is 14.4. The molecular formula is C8H8N4O2. The lowest BCUT2D eigenvalue weighted by molar-refractivity contribution is -0.134. The van der Waals surface area contributed by atoms with Crippen molar-refractivity contribution in [3.63, 3.8) is 0 Å². The molecule has 0 spiro atoms. The summed E-state index contributed by atoms with van der Waals surface area (Å²) in [5.74, 6) is -0.402. The Morgan fingerprint density at radius 2 is 2.43 bits per heavy atom. The summed E-state index contributed by atoms with van der Waals surface area (Å²) in [5, 5.41) is 15.2. The largest absolute Gasteiger partial charge is 0.480 e. The number of nitrogens with zero attached hydrogens (tertiary/aromatic N) is 3. The van der Waals surface area contributed by atoms with Crippen molar-refractivity contribution in [3.05, 3.63) is 24.7 Å². The third-order valence-corrected chi connectivity index (χ3v) is 1.73. The highest BCUT2D eigenvalue weighted by atomic mass is 16.4. The second-order valence-electron chi connectivity index (χ2n) is 2.68. The molecule has 0 aliphatic heterocycles. The maximum atomic E-state index is 10.3. The Balaban J connectivity index is 2.32. The minimum absolute atomic E-state index is 0.155. The van der Waals surface area contributed by atoms with Crippen LogP contribution in [0, 0.1) is 0 Å². The third kappa shape index (κ3) is 1.49. The first-order valence-corrected chi connectivity index (χ1v) is 4.01. The molecule has 0 aliphatic rings. The van der Waals surface area contributed by atoms with Crippen molar-refractivity contribution < 1.29 is 9.90 Å². The zero-order chi connectivity index (χ0) is 9.97. The number of rotatable bonds is 3. The number of carboxylic acid groups (broad SMARTS) is 1. The van der Waals surface area contributed by atoms with Gasteiger partial charge in [0.2, 0.25) is 0 Å². The standard InChI is InChI=1S/C8H8N4O2/c13-7(14)5-10-8-6-1-2-11-12(6)4-3-9-8/h1-4H,5H2,(H,9,10)(H,13,14). The fraction of sp³-hybridized carbons (Fsp3) is 0.125. The molecule has 0 bridgehead atoms. The number of anilines is 1. The Morgan fingerprint density at radius 3 is 3.21 bits per heavy atom. The predicted octanol–water partition coefficient (Wildman–Crippen LogP) is 0.226. The maximum absolute atomic E-state index is 10.3. The van der Waals surface area contributed by atoms with E-state index in [0.29, 0.717) is 5.82 Å². The van der Waals surface area contributed by atoms with Gasteiger partial charge < -0.3 is 10.4 Å². The Kier molecular flexibility index (Phi) is 2.02. The second kappa shape index (κ2) is 3.33. The van der Waals surface area contributed by atoms with Gasteiger partial charge in [0.1, 0.15) is 12.1 Å². The van der Waals surface area contributed by atoms with Gasteiger partial charge in [-0.3, -0.25) is 4.79 Å². The predicted molar refractivity (Wildman–Crippen MR) is 49.1 cm³/mol. The minimum atomic E-state index is -0.923. The SMILES string of the molecule is O=C(O)CNc1nccn2nccc12. The van der Waals surface area contributed by atoms with Gasteiger partial charge in [-0.2, -0.15) is 5.10 Å². The van der Waals surface area contributed by atoms with Gasteiger partial charge in [0.15, 0.2) is 5.82 Å². The van der Waals surface area contributed by atoms with Gasteiger partial charge in [0.05, 0.1) is 6.20 Å². The molecule has 2 heterocycles. The van der Waals surface area contributed by atoms with Gasteiger partial charge in [-0.15, -0.1) is 0 Å². The zero-order valence-corrected chi connectivity index (χ0v) is 7.21. The lowest BCUT2D eigenvalue weighted by Crippen LogP contribution is -2.13. The van der Waals surface area contributed by atoms with Crippen LogP contribution in [0.2, 0.25) is 0 Å². The molecule has 0 atom stereocenters. The lowest BCUT2D eigenvalue weighted by Gasteiger charge is -2.03. The van der Waals surface area contributed by atoms with E-state index >= 15 is 0 Å². The van der Waals surface area contributed by atoms with Crippen LogP contribution in [0.25, 0.3) is 5.52 Å². The van der Waals surface area contributed by atoms with Gasteiger partial charge in [0, 0.05) is 12.4 Å². The number of hydrogen-bond acceptors (Lipinski definition) is 4. The molecule has 14 heavy (non-hydrogen) atoms. The molecule has 0 aromatic carbocycles. The Morgan fingerprint density at radius 1 is 1.57 bits per heavy atom. The number of nitrogens with one attached hydrogen (secondary N) is 1. The zero-order valence-electron chi connectivity index (χ0n) is 7.21. The minimum Gasteiger partial charge on any atom is -0.480 e. The molecule has 0 fully saturated rings. The van der Waals surface area contributed by atoms with Crippen LogP contribution in [0.5, 0.6) is 0 Å². The summed E-state index contributed by atoms with van der Waals surface area (Å²) in [6, 6.07) is 1.76. The van der Waals surface area contributed by atoms with Gasteiger partial charge >= 0.3 is 5.97 Å². The first-order chi connectivity index (χ1) is 6.77. The van der Waals surface area contributed by atoms with Crippen molar-refractivity contribution in [2.45, 2.75) is 0 Å². The second-order valence-corrected chi connectivity index (χ2v) is 2.68. The quantitative estimate of drug-likeness (QED) is 0.727. The average molecular weight is 192 g/mol. The molecule has 0 radical (unpaired) electrons. The number of carbonyl (C=O) groups is 1.